The van der Waals surface area contributed by atoms with E-state index in [0.717, 1.165) is 0 Å². The summed E-state index contributed by atoms with van der Waals surface area (Å²) in [5.41, 5.74) is 2.17. The number of rotatable bonds is 5. The van der Waals surface area contributed by atoms with Crippen molar-refractivity contribution < 1.29 is 19.8 Å². The summed E-state index contributed by atoms with van der Waals surface area (Å²) in [6.45, 7) is 7.30. The number of aromatic carboxylic acids is 2. The van der Waals surface area contributed by atoms with Crippen LogP contribution in [0.15, 0.2) is 49.6 Å². The van der Waals surface area contributed by atoms with E-state index in [1.54, 1.807) is 36.4 Å². The number of carbonyl (C=O) groups is 2. The highest BCUT2D eigenvalue weighted by molar-refractivity contribution is 6.02. The normalized spacial score (nSPS) is 10.0. The number of hydrogen-bond acceptors (Lipinski definition) is 2. The Morgan fingerprint density at radius 1 is 0.773 bits per heavy atom. The Balaban J connectivity index is 2.84. The summed E-state index contributed by atoms with van der Waals surface area (Å²) in [5.74, 6) is -2.24. The lowest BCUT2D eigenvalue weighted by molar-refractivity contribution is 0.0684. The summed E-state index contributed by atoms with van der Waals surface area (Å²) in [5, 5.41) is 18.7. The van der Waals surface area contributed by atoms with E-state index in [-0.39, 0.29) is 11.1 Å². The van der Waals surface area contributed by atoms with Crippen LogP contribution in [0, 0.1) is 0 Å². The number of hydrogen-bond donors (Lipinski definition) is 2. The van der Waals surface area contributed by atoms with E-state index in [4.69, 9.17) is 0 Å². The van der Waals surface area contributed by atoms with E-state index >= 15 is 0 Å². The molecule has 0 fully saturated rings. The molecule has 2 rings (SSSR count). The fourth-order valence-corrected chi connectivity index (χ4v) is 2.20. The maximum atomic E-state index is 11.4. The molecule has 0 amide bonds. The van der Waals surface area contributed by atoms with Gasteiger partial charge in [-0.2, -0.15) is 0 Å². The third-order valence-electron chi connectivity index (χ3n) is 3.31. The molecule has 0 aromatic heterocycles. The van der Waals surface area contributed by atoms with Gasteiger partial charge in [-0.05, 0) is 46.5 Å². The van der Waals surface area contributed by atoms with Crippen LogP contribution in [0.1, 0.15) is 31.8 Å². The Morgan fingerprint density at radius 2 is 1.14 bits per heavy atom. The van der Waals surface area contributed by atoms with Crippen molar-refractivity contribution in [2.75, 3.05) is 0 Å². The van der Waals surface area contributed by atoms with Crippen molar-refractivity contribution in [1.82, 2.24) is 0 Å². The van der Waals surface area contributed by atoms with Gasteiger partial charge in [0.15, 0.2) is 0 Å². The van der Waals surface area contributed by atoms with Crippen LogP contribution in [0.25, 0.3) is 23.3 Å². The van der Waals surface area contributed by atoms with Crippen LogP contribution in [-0.4, -0.2) is 22.2 Å². The van der Waals surface area contributed by atoms with Crippen LogP contribution in [0.2, 0.25) is 0 Å². The zero-order chi connectivity index (χ0) is 16.3. The van der Waals surface area contributed by atoms with Crippen molar-refractivity contribution in [3.63, 3.8) is 0 Å². The molecule has 0 radical (unpaired) electrons. The Bertz CT molecular complexity index is 720. The second-order valence-corrected chi connectivity index (χ2v) is 4.63. The van der Waals surface area contributed by atoms with Crippen molar-refractivity contribution in [1.29, 1.82) is 0 Å². The summed E-state index contributed by atoms with van der Waals surface area (Å²) in [7, 11) is 0. The van der Waals surface area contributed by atoms with Crippen molar-refractivity contribution in [3.8, 4) is 11.1 Å². The highest BCUT2D eigenvalue weighted by atomic mass is 16.4. The summed E-state index contributed by atoms with van der Waals surface area (Å²) < 4.78 is 0. The summed E-state index contributed by atoms with van der Waals surface area (Å²) >= 11 is 0. The standard InChI is InChI=1S/C18H14O4/c1-3-11-5-7-13(17(19)20)15(9-11)16-10-12(4-2)6-8-14(16)18(21)22/h3-10H,1-2H2,(H,19,20)(H,21,22). The minimum Gasteiger partial charge on any atom is -0.478 e. The molecule has 0 bridgehead atoms. The number of carboxylic acid groups (broad SMARTS) is 2. The number of benzene rings is 2. The first-order valence-electron chi connectivity index (χ1n) is 6.48. The van der Waals surface area contributed by atoms with Crippen LogP contribution in [-0.2, 0) is 0 Å². The van der Waals surface area contributed by atoms with Gasteiger partial charge in [0, 0.05) is 0 Å². The first-order valence-corrected chi connectivity index (χ1v) is 6.48. The van der Waals surface area contributed by atoms with Gasteiger partial charge in [0.1, 0.15) is 0 Å². The highest BCUT2D eigenvalue weighted by Gasteiger charge is 2.18. The molecule has 0 atom stereocenters. The van der Waals surface area contributed by atoms with E-state index in [1.807, 2.05) is 0 Å². The molecular formula is C18H14O4. The monoisotopic (exact) mass is 294 g/mol. The molecule has 0 unspecified atom stereocenters. The van der Waals surface area contributed by atoms with Crippen LogP contribution < -0.4 is 0 Å². The molecule has 110 valence electrons. The van der Waals surface area contributed by atoms with Crippen molar-refractivity contribution in [3.05, 3.63) is 71.8 Å². The minimum atomic E-state index is -1.12. The zero-order valence-electron chi connectivity index (χ0n) is 11.7. The van der Waals surface area contributed by atoms with Gasteiger partial charge in [0.25, 0.3) is 0 Å². The molecule has 0 aliphatic rings. The van der Waals surface area contributed by atoms with Crippen molar-refractivity contribution >= 4 is 24.1 Å². The lowest BCUT2D eigenvalue weighted by atomic mass is 9.92. The molecule has 2 aromatic carbocycles. The van der Waals surface area contributed by atoms with Crippen LogP contribution in [0.4, 0.5) is 0 Å². The van der Waals surface area contributed by atoms with Gasteiger partial charge >= 0.3 is 11.9 Å². The van der Waals surface area contributed by atoms with Gasteiger partial charge in [-0.1, -0.05) is 37.4 Å². The highest BCUT2D eigenvalue weighted by Crippen LogP contribution is 2.30. The molecule has 0 saturated carbocycles. The van der Waals surface area contributed by atoms with E-state index in [2.05, 4.69) is 13.2 Å². The molecule has 4 nitrogen and oxygen atoms in total. The first-order chi connectivity index (χ1) is 10.5. The van der Waals surface area contributed by atoms with Crippen LogP contribution in [0.3, 0.4) is 0 Å². The predicted octanol–water partition coefficient (Wildman–Crippen LogP) is 4.04. The Morgan fingerprint density at radius 3 is 1.41 bits per heavy atom. The van der Waals surface area contributed by atoms with E-state index in [1.165, 1.54) is 12.1 Å². The second-order valence-electron chi connectivity index (χ2n) is 4.63. The Hall–Kier alpha value is -3.14. The fourth-order valence-electron chi connectivity index (χ4n) is 2.20. The summed E-state index contributed by atoms with van der Waals surface area (Å²) in [4.78, 5) is 22.9. The number of carboxylic acids is 2. The smallest absolute Gasteiger partial charge is 0.336 e. The Labute approximate surface area is 127 Å². The van der Waals surface area contributed by atoms with Gasteiger partial charge in [0.05, 0.1) is 11.1 Å². The maximum absolute atomic E-state index is 11.4. The average molecular weight is 294 g/mol. The van der Waals surface area contributed by atoms with Crippen molar-refractivity contribution in [2.45, 2.75) is 0 Å². The molecule has 0 aliphatic carbocycles. The fraction of sp³-hybridized carbons (Fsp3) is 0. The molecule has 0 spiro atoms. The molecule has 2 aromatic rings. The predicted molar refractivity (Wildman–Crippen MR) is 86.0 cm³/mol. The Kier molecular flexibility index (Phi) is 4.23. The molecular weight excluding hydrogens is 280 g/mol. The molecule has 22 heavy (non-hydrogen) atoms. The minimum absolute atomic E-state index is 0.0364. The van der Waals surface area contributed by atoms with Crippen LogP contribution in [0.5, 0.6) is 0 Å². The molecule has 4 heteroatoms. The first kappa shape index (κ1) is 15.3. The zero-order valence-corrected chi connectivity index (χ0v) is 11.7. The average Bonchev–Trinajstić information content (AvgIpc) is 2.53. The molecule has 2 N–H and O–H groups in total. The third kappa shape index (κ3) is 2.81. The van der Waals surface area contributed by atoms with E-state index in [9.17, 15) is 19.8 Å². The van der Waals surface area contributed by atoms with Crippen molar-refractivity contribution in [2.24, 2.45) is 0 Å². The SMILES string of the molecule is C=Cc1ccc(C(=O)O)c(-c2cc(C=C)ccc2C(=O)O)c1. The van der Waals surface area contributed by atoms with Gasteiger partial charge in [0.2, 0.25) is 0 Å². The third-order valence-corrected chi connectivity index (χ3v) is 3.31. The second kappa shape index (κ2) is 6.10. The summed E-state index contributed by atoms with van der Waals surface area (Å²) in [6, 6.07) is 9.37. The topological polar surface area (TPSA) is 74.6 Å². The molecule has 0 heterocycles. The van der Waals surface area contributed by atoms with Gasteiger partial charge in [-0.3, -0.25) is 0 Å². The van der Waals surface area contributed by atoms with Crippen LogP contribution >= 0.6 is 0 Å². The van der Waals surface area contributed by atoms with Gasteiger partial charge in [-0.25, -0.2) is 9.59 Å². The van der Waals surface area contributed by atoms with Gasteiger partial charge < -0.3 is 10.2 Å². The lowest BCUT2D eigenvalue weighted by Crippen LogP contribution is -2.05. The molecule has 0 aliphatic heterocycles. The lowest BCUT2D eigenvalue weighted by Gasteiger charge is -2.12. The summed E-state index contributed by atoms with van der Waals surface area (Å²) in [6.07, 6.45) is 3.15. The largest absolute Gasteiger partial charge is 0.478 e. The maximum Gasteiger partial charge on any atom is 0.336 e. The molecule has 0 saturated heterocycles. The quantitative estimate of drug-likeness (QED) is 0.872. The van der Waals surface area contributed by atoms with E-state index < -0.39 is 11.9 Å². The van der Waals surface area contributed by atoms with Gasteiger partial charge in [-0.15, -0.1) is 0 Å². The van der Waals surface area contributed by atoms with E-state index in [0.29, 0.717) is 22.3 Å².